The van der Waals surface area contributed by atoms with E-state index in [-0.39, 0.29) is 5.69 Å². The van der Waals surface area contributed by atoms with Gasteiger partial charge in [-0.3, -0.25) is 0 Å². The number of nitrogens with two attached hydrogens (primary N) is 1. The van der Waals surface area contributed by atoms with E-state index in [4.69, 9.17) is 10.5 Å². The lowest BCUT2D eigenvalue weighted by molar-refractivity contribution is -0.136. The maximum Gasteiger partial charge on any atom is 0.418 e. The number of halogens is 3. The molecule has 0 radical (unpaired) electrons. The number of rotatable bonds is 4. The van der Waals surface area contributed by atoms with E-state index in [9.17, 15) is 13.2 Å². The third-order valence-electron chi connectivity index (χ3n) is 2.82. The Labute approximate surface area is 120 Å². The van der Waals surface area contributed by atoms with Crippen molar-refractivity contribution in [1.29, 1.82) is 0 Å². The molecule has 0 bridgehead atoms. The summed E-state index contributed by atoms with van der Waals surface area (Å²) in [4.78, 5) is 0. The largest absolute Gasteiger partial charge is 0.492 e. The zero-order valence-electron chi connectivity index (χ0n) is 11.4. The van der Waals surface area contributed by atoms with E-state index in [2.05, 4.69) is 5.32 Å². The molecule has 2 rings (SSSR count). The zero-order valence-corrected chi connectivity index (χ0v) is 11.4. The lowest BCUT2D eigenvalue weighted by Gasteiger charge is -2.15. The Bertz CT molecular complexity index is 627. The van der Waals surface area contributed by atoms with Crippen LogP contribution in [-0.4, -0.2) is 6.61 Å². The van der Waals surface area contributed by atoms with E-state index in [1.54, 1.807) is 31.2 Å². The highest BCUT2D eigenvalue weighted by Gasteiger charge is 2.33. The molecule has 3 nitrogen and oxygen atoms in total. The van der Waals surface area contributed by atoms with E-state index in [0.29, 0.717) is 23.7 Å². The second-order valence-corrected chi connectivity index (χ2v) is 4.35. The average Bonchev–Trinajstić information content (AvgIpc) is 2.42. The van der Waals surface area contributed by atoms with Crippen LogP contribution in [0.3, 0.4) is 0 Å². The normalized spacial score (nSPS) is 11.2. The number of alkyl halides is 3. The molecule has 112 valence electrons. The third-order valence-corrected chi connectivity index (χ3v) is 2.82. The number of benzene rings is 2. The smallest absolute Gasteiger partial charge is 0.418 e. The van der Waals surface area contributed by atoms with E-state index in [0.717, 1.165) is 6.07 Å². The number of ether oxygens (including phenoxy) is 1. The van der Waals surface area contributed by atoms with Crippen LogP contribution in [0.2, 0.25) is 0 Å². The predicted octanol–water partition coefficient (Wildman–Crippen LogP) is 4.43. The molecular formula is C15H15F3N2O. The van der Waals surface area contributed by atoms with E-state index in [1.807, 2.05) is 0 Å². The molecule has 21 heavy (non-hydrogen) atoms. The monoisotopic (exact) mass is 296 g/mol. The highest BCUT2D eigenvalue weighted by atomic mass is 19.4. The lowest BCUT2D eigenvalue weighted by atomic mass is 10.1. The summed E-state index contributed by atoms with van der Waals surface area (Å²) in [5.74, 6) is 0.437. The topological polar surface area (TPSA) is 47.3 Å². The highest BCUT2D eigenvalue weighted by molar-refractivity contribution is 5.68. The maximum atomic E-state index is 12.9. The van der Waals surface area contributed by atoms with Gasteiger partial charge in [-0.25, -0.2) is 0 Å². The van der Waals surface area contributed by atoms with Gasteiger partial charge in [-0.1, -0.05) is 12.1 Å². The van der Waals surface area contributed by atoms with Gasteiger partial charge in [0.25, 0.3) is 0 Å². The van der Waals surface area contributed by atoms with Crippen molar-refractivity contribution in [3.8, 4) is 5.75 Å². The first kappa shape index (κ1) is 15.0. The van der Waals surface area contributed by atoms with Gasteiger partial charge in [0.05, 0.1) is 23.5 Å². The molecule has 0 atom stereocenters. The Balaban J connectivity index is 2.33. The Morgan fingerprint density at radius 1 is 1.14 bits per heavy atom. The van der Waals surface area contributed by atoms with Crippen LogP contribution < -0.4 is 15.8 Å². The second-order valence-electron chi connectivity index (χ2n) is 4.35. The molecule has 0 aliphatic heterocycles. The number of nitrogen functional groups attached to an aromatic ring is 1. The van der Waals surface area contributed by atoms with Gasteiger partial charge >= 0.3 is 6.18 Å². The minimum absolute atomic E-state index is 0.0165. The van der Waals surface area contributed by atoms with Gasteiger partial charge in [-0.05, 0) is 31.2 Å². The minimum atomic E-state index is -4.42. The molecule has 3 N–H and O–H groups in total. The number of hydrogen-bond acceptors (Lipinski definition) is 3. The zero-order chi connectivity index (χ0) is 15.5. The van der Waals surface area contributed by atoms with Gasteiger partial charge in [0.15, 0.2) is 0 Å². The van der Waals surface area contributed by atoms with Crippen LogP contribution in [0.5, 0.6) is 5.75 Å². The average molecular weight is 296 g/mol. The van der Waals surface area contributed by atoms with Gasteiger partial charge in [0, 0.05) is 11.8 Å². The number of nitrogens with one attached hydrogen (secondary N) is 1. The van der Waals surface area contributed by atoms with Crippen LogP contribution >= 0.6 is 0 Å². The van der Waals surface area contributed by atoms with Gasteiger partial charge in [-0.2, -0.15) is 13.2 Å². The molecule has 0 aliphatic carbocycles. The van der Waals surface area contributed by atoms with Crippen molar-refractivity contribution in [3.05, 3.63) is 48.0 Å². The van der Waals surface area contributed by atoms with Crippen molar-refractivity contribution in [2.24, 2.45) is 0 Å². The molecule has 0 fully saturated rings. The summed E-state index contributed by atoms with van der Waals surface area (Å²) in [7, 11) is 0. The Morgan fingerprint density at radius 2 is 1.86 bits per heavy atom. The number of anilines is 3. The van der Waals surface area contributed by atoms with Crippen LogP contribution in [0.1, 0.15) is 12.5 Å². The van der Waals surface area contributed by atoms with E-state index >= 15 is 0 Å². The first-order chi connectivity index (χ1) is 9.91. The molecule has 0 spiro atoms. The molecule has 2 aromatic rings. The van der Waals surface area contributed by atoms with Gasteiger partial charge in [0.1, 0.15) is 5.75 Å². The molecule has 0 saturated carbocycles. The summed E-state index contributed by atoms with van der Waals surface area (Å²) in [5, 5.41) is 2.75. The fourth-order valence-corrected chi connectivity index (χ4v) is 1.89. The fourth-order valence-electron chi connectivity index (χ4n) is 1.89. The van der Waals surface area contributed by atoms with Crippen LogP contribution in [-0.2, 0) is 6.18 Å². The maximum absolute atomic E-state index is 12.9. The standard InChI is InChI=1S/C15H15F3N2O/c1-2-21-14-9-10(7-8-12(14)19)20-13-6-4-3-5-11(13)15(16,17)18/h3-9,20H,2,19H2,1H3. The first-order valence-corrected chi connectivity index (χ1v) is 6.37. The van der Waals surface area contributed by atoms with Crippen molar-refractivity contribution in [3.63, 3.8) is 0 Å². The van der Waals surface area contributed by atoms with Crippen LogP contribution in [0.4, 0.5) is 30.2 Å². The SMILES string of the molecule is CCOc1cc(Nc2ccccc2C(F)(F)F)ccc1N. The first-order valence-electron chi connectivity index (χ1n) is 6.37. The summed E-state index contributed by atoms with van der Waals surface area (Å²) in [6.45, 7) is 2.23. The molecular weight excluding hydrogens is 281 g/mol. The number of hydrogen-bond donors (Lipinski definition) is 2. The van der Waals surface area contributed by atoms with Crippen molar-refractivity contribution in [2.45, 2.75) is 13.1 Å². The fraction of sp³-hybridized carbons (Fsp3) is 0.200. The minimum Gasteiger partial charge on any atom is -0.492 e. The van der Waals surface area contributed by atoms with Crippen molar-refractivity contribution < 1.29 is 17.9 Å². The highest BCUT2D eigenvalue weighted by Crippen LogP contribution is 2.36. The van der Waals surface area contributed by atoms with Crippen molar-refractivity contribution in [1.82, 2.24) is 0 Å². The molecule has 0 aliphatic rings. The molecule has 2 aromatic carbocycles. The summed E-state index contributed by atoms with van der Waals surface area (Å²) < 4.78 is 44.1. The van der Waals surface area contributed by atoms with Crippen LogP contribution in [0, 0.1) is 0 Å². The van der Waals surface area contributed by atoms with Crippen molar-refractivity contribution in [2.75, 3.05) is 17.7 Å². The summed E-state index contributed by atoms with van der Waals surface area (Å²) >= 11 is 0. The molecule has 0 aromatic heterocycles. The lowest BCUT2D eigenvalue weighted by Crippen LogP contribution is -2.08. The summed E-state index contributed by atoms with van der Waals surface area (Å²) in [5.41, 5.74) is 5.91. The predicted molar refractivity (Wildman–Crippen MR) is 76.8 cm³/mol. The quantitative estimate of drug-likeness (QED) is 0.820. The summed E-state index contributed by atoms with van der Waals surface area (Å²) in [6.07, 6.45) is -4.42. The van der Waals surface area contributed by atoms with Gasteiger partial charge in [-0.15, -0.1) is 0 Å². The molecule has 0 saturated heterocycles. The molecule has 0 heterocycles. The van der Waals surface area contributed by atoms with Crippen LogP contribution in [0.15, 0.2) is 42.5 Å². The van der Waals surface area contributed by atoms with E-state index < -0.39 is 11.7 Å². The van der Waals surface area contributed by atoms with Gasteiger partial charge in [0.2, 0.25) is 0 Å². The van der Waals surface area contributed by atoms with Gasteiger partial charge < -0.3 is 15.8 Å². The summed E-state index contributed by atoms with van der Waals surface area (Å²) in [6, 6.07) is 10.1. The third kappa shape index (κ3) is 3.59. The molecule has 6 heteroatoms. The van der Waals surface area contributed by atoms with Crippen LogP contribution in [0.25, 0.3) is 0 Å². The van der Waals surface area contributed by atoms with E-state index in [1.165, 1.54) is 12.1 Å². The molecule has 0 unspecified atom stereocenters. The van der Waals surface area contributed by atoms with Crippen molar-refractivity contribution >= 4 is 17.1 Å². The Morgan fingerprint density at radius 3 is 2.52 bits per heavy atom. The number of para-hydroxylation sites is 1. The molecule has 0 amide bonds. The Hall–Kier alpha value is -2.37. The Kier molecular flexibility index (Phi) is 4.26. The second kappa shape index (κ2) is 5.95.